The Morgan fingerprint density at radius 2 is 1.43 bits per heavy atom. The van der Waals surface area contributed by atoms with Gasteiger partial charge in [0.15, 0.2) is 11.6 Å². The van der Waals surface area contributed by atoms with Crippen molar-refractivity contribution >= 4 is 53.6 Å². The number of nitrogens with two attached hydrogens (primary N) is 1. The molecule has 0 fully saturated rings. The second-order valence-corrected chi connectivity index (χ2v) is 7.18. The highest BCUT2D eigenvalue weighted by Crippen LogP contribution is 2.38. The van der Waals surface area contributed by atoms with Gasteiger partial charge in [0.05, 0.1) is 5.56 Å². The fourth-order valence-corrected chi connectivity index (χ4v) is 3.64. The molecule has 1 aromatic heterocycles. The highest BCUT2D eigenvalue weighted by molar-refractivity contribution is 9.11. The van der Waals surface area contributed by atoms with Crippen molar-refractivity contribution < 1.29 is 4.52 Å². The molecule has 3 rings (SSSR count). The Labute approximate surface area is 146 Å². The molecule has 0 amide bonds. The molecule has 0 saturated heterocycles. The maximum Gasteiger partial charge on any atom is 0.176 e. The zero-order chi connectivity index (χ0) is 15.0. The fraction of sp³-hybridized carbons (Fsp3) is 0. The van der Waals surface area contributed by atoms with Gasteiger partial charge in [-0.15, -0.1) is 0 Å². The van der Waals surface area contributed by atoms with Gasteiger partial charge < -0.3 is 10.3 Å². The van der Waals surface area contributed by atoms with E-state index in [1.54, 1.807) is 0 Å². The molecule has 0 aliphatic carbocycles. The zero-order valence-electron chi connectivity index (χ0n) is 10.6. The standard InChI is InChI=1S/C15H9Br3N2O/c16-10-3-1-8(2-4-10)13-14(21-20-15(13)19)9-5-11(17)7-12(18)6-9/h1-7H,(H2,19,20). The Morgan fingerprint density at radius 3 is 2.05 bits per heavy atom. The molecule has 0 aliphatic heterocycles. The number of aromatic nitrogens is 1. The quantitative estimate of drug-likeness (QED) is 0.507. The normalized spacial score (nSPS) is 10.8. The molecule has 0 atom stereocenters. The summed E-state index contributed by atoms with van der Waals surface area (Å²) in [6, 6.07) is 13.8. The third-order valence-corrected chi connectivity index (χ3v) is 4.42. The minimum atomic E-state index is 0.378. The van der Waals surface area contributed by atoms with Crippen LogP contribution in [0.3, 0.4) is 0 Å². The van der Waals surface area contributed by atoms with Gasteiger partial charge >= 0.3 is 0 Å². The molecular formula is C15H9Br3N2O. The predicted octanol–water partition coefficient (Wildman–Crippen LogP) is 5.88. The second-order valence-electron chi connectivity index (χ2n) is 4.44. The van der Waals surface area contributed by atoms with Gasteiger partial charge in [-0.2, -0.15) is 0 Å². The van der Waals surface area contributed by atoms with Gasteiger partial charge in [0.25, 0.3) is 0 Å². The minimum Gasteiger partial charge on any atom is -0.380 e. The largest absolute Gasteiger partial charge is 0.380 e. The van der Waals surface area contributed by atoms with Crippen LogP contribution in [0.15, 0.2) is 60.4 Å². The van der Waals surface area contributed by atoms with E-state index in [4.69, 9.17) is 10.3 Å². The first kappa shape index (κ1) is 14.8. The summed E-state index contributed by atoms with van der Waals surface area (Å²) in [5, 5.41) is 3.91. The van der Waals surface area contributed by atoms with Gasteiger partial charge in [-0.1, -0.05) is 65.1 Å². The number of hydrogen-bond acceptors (Lipinski definition) is 3. The van der Waals surface area contributed by atoms with Crippen molar-refractivity contribution in [2.45, 2.75) is 0 Å². The van der Waals surface area contributed by atoms with Gasteiger partial charge in [-0.3, -0.25) is 0 Å². The van der Waals surface area contributed by atoms with Crippen LogP contribution >= 0.6 is 47.8 Å². The van der Waals surface area contributed by atoms with Gasteiger partial charge in [-0.05, 0) is 35.9 Å². The third kappa shape index (κ3) is 3.07. The topological polar surface area (TPSA) is 52.0 Å². The van der Waals surface area contributed by atoms with E-state index < -0.39 is 0 Å². The molecule has 3 nitrogen and oxygen atoms in total. The maximum atomic E-state index is 5.98. The van der Waals surface area contributed by atoms with Crippen molar-refractivity contribution in [2.24, 2.45) is 0 Å². The van der Waals surface area contributed by atoms with E-state index in [2.05, 4.69) is 52.9 Å². The zero-order valence-corrected chi connectivity index (χ0v) is 15.4. The predicted molar refractivity (Wildman–Crippen MR) is 94.9 cm³/mol. The lowest BCUT2D eigenvalue weighted by molar-refractivity contribution is 0.436. The lowest BCUT2D eigenvalue weighted by atomic mass is 10.0. The summed E-state index contributed by atoms with van der Waals surface area (Å²) in [5.41, 5.74) is 8.65. The number of hydrogen-bond donors (Lipinski definition) is 1. The first-order valence-electron chi connectivity index (χ1n) is 6.02. The summed E-state index contributed by atoms with van der Waals surface area (Å²) in [4.78, 5) is 0. The van der Waals surface area contributed by atoms with Gasteiger partial charge in [0.1, 0.15) is 0 Å². The molecule has 106 valence electrons. The molecule has 0 radical (unpaired) electrons. The maximum absolute atomic E-state index is 5.98. The van der Waals surface area contributed by atoms with Crippen LogP contribution in [0.25, 0.3) is 22.5 Å². The molecule has 0 unspecified atom stereocenters. The van der Waals surface area contributed by atoms with Crippen LogP contribution < -0.4 is 5.73 Å². The first-order chi connectivity index (χ1) is 10.0. The Kier molecular flexibility index (Phi) is 4.19. The smallest absolute Gasteiger partial charge is 0.176 e. The Balaban J connectivity index is 2.19. The monoisotopic (exact) mass is 470 g/mol. The van der Waals surface area contributed by atoms with Crippen LogP contribution in [0.5, 0.6) is 0 Å². The van der Waals surface area contributed by atoms with E-state index in [9.17, 15) is 0 Å². The first-order valence-corrected chi connectivity index (χ1v) is 8.40. The number of anilines is 1. The lowest BCUT2D eigenvalue weighted by Crippen LogP contribution is -1.89. The summed E-state index contributed by atoms with van der Waals surface area (Å²) in [5.74, 6) is 1.03. The molecule has 21 heavy (non-hydrogen) atoms. The second kappa shape index (κ2) is 5.94. The summed E-state index contributed by atoms with van der Waals surface area (Å²) in [6.07, 6.45) is 0. The van der Waals surface area contributed by atoms with Crippen molar-refractivity contribution in [2.75, 3.05) is 5.73 Å². The summed E-state index contributed by atoms with van der Waals surface area (Å²) in [7, 11) is 0. The molecule has 2 N–H and O–H groups in total. The van der Waals surface area contributed by atoms with Crippen LogP contribution in [0, 0.1) is 0 Å². The van der Waals surface area contributed by atoms with E-state index >= 15 is 0 Å². The van der Waals surface area contributed by atoms with Crippen LogP contribution in [-0.4, -0.2) is 5.16 Å². The third-order valence-electron chi connectivity index (χ3n) is 2.98. The number of nitrogen functional groups attached to an aromatic ring is 1. The van der Waals surface area contributed by atoms with Crippen molar-refractivity contribution in [3.05, 3.63) is 55.9 Å². The summed E-state index contributed by atoms with van der Waals surface area (Å²) in [6.45, 7) is 0. The molecule has 0 aliphatic rings. The van der Waals surface area contributed by atoms with Gasteiger partial charge in [-0.25, -0.2) is 0 Å². The Hall–Kier alpha value is -1.11. The fourth-order valence-electron chi connectivity index (χ4n) is 2.08. The molecule has 3 aromatic rings. The molecule has 6 heteroatoms. The number of nitrogens with zero attached hydrogens (tertiary/aromatic N) is 1. The lowest BCUT2D eigenvalue weighted by Gasteiger charge is -2.04. The highest BCUT2D eigenvalue weighted by Gasteiger charge is 2.18. The highest BCUT2D eigenvalue weighted by atomic mass is 79.9. The van der Waals surface area contributed by atoms with E-state index in [1.165, 1.54) is 0 Å². The SMILES string of the molecule is Nc1noc(-c2cc(Br)cc(Br)c2)c1-c1ccc(Br)cc1. The average molecular weight is 473 g/mol. The van der Waals surface area contributed by atoms with Crippen LogP contribution in [-0.2, 0) is 0 Å². The van der Waals surface area contributed by atoms with Crippen LogP contribution in [0.1, 0.15) is 0 Å². The van der Waals surface area contributed by atoms with Crippen molar-refractivity contribution in [3.63, 3.8) is 0 Å². The van der Waals surface area contributed by atoms with Gasteiger partial charge in [0.2, 0.25) is 0 Å². The number of benzene rings is 2. The molecule has 2 aromatic carbocycles. The van der Waals surface area contributed by atoms with Crippen molar-refractivity contribution in [1.82, 2.24) is 5.16 Å². The van der Waals surface area contributed by atoms with Crippen molar-refractivity contribution in [1.29, 1.82) is 0 Å². The molecule has 0 bridgehead atoms. The van der Waals surface area contributed by atoms with Crippen molar-refractivity contribution in [3.8, 4) is 22.5 Å². The molecule has 1 heterocycles. The van der Waals surface area contributed by atoms with E-state index in [1.807, 2.05) is 42.5 Å². The number of halogens is 3. The average Bonchev–Trinajstić information content (AvgIpc) is 2.80. The molecular weight excluding hydrogens is 464 g/mol. The minimum absolute atomic E-state index is 0.378. The van der Waals surface area contributed by atoms with Gasteiger partial charge in [0, 0.05) is 19.0 Å². The number of rotatable bonds is 2. The van der Waals surface area contributed by atoms with E-state index in [-0.39, 0.29) is 0 Å². The van der Waals surface area contributed by atoms with Crippen LogP contribution in [0.4, 0.5) is 5.82 Å². The molecule has 0 saturated carbocycles. The molecule has 0 spiro atoms. The van der Waals surface area contributed by atoms with E-state index in [0.717, 1.165) is 30.1 Å². The Morgan fingerprint density at radius 1 is 0.810 bits per heavy atom. The Bertz CT molecular complexity index is 777. The summed E-state index contributed by atoms with van der Waals surface area (Å²) < 4.78 is 8.35. The summed E-state index contributed by atoms with van der Waals surface area (Å²) >= 11 is 10.4. The van der Waals surface area contributed by atoms with Crippen LogP contribution in [0.2, 0.25) is 0 Å². The van der Waals surface area contributed by atoms with E-state index in [0.29, 0.717) is 11.6 Å².